The molecule has 1 aromatic rings. The molecular formula is C12H20N2OS. The molecule has 0 aliphatic heterocycles. The number of aromatic nitrogens is 1. The minimum Gasteiger partial charge on any atom is -0.374 e. The number of nitrogens with one attached hydrogen (secondary N) is 1. The summed E-state index contributed by atoms with van der Waals surface area (Å²) >= 11 is 1.80. The predicted octanol–water partition coefficient (Wildman–Crippen LogP) is 2.66. The van der Waals surface area contributed by atoms with Gasteiger partial charge in [-0.15, -0.1) is 11.3 Å². The zero-order valence-corrected chi connectivity index (χ0v) is 11.1. The molecule has 2 rings (SSSR count). The number of hydrogen-bond acceptors (Lipinski definition) is 4. The monoisotopic (exact) mass is 240 g/mol. The van der Waals surface area contributed by atoms with Crippen molar-refractivity contribution in [1.82, 2.24) is 10.3 Å². The van der Waals surface area contributed by atoms with Crippen LogP contribution in [-0.2, 0) is 11.3 Å². The van der Waals surface area contributed by atoms with Gasteiger partial charge in [-0.05, 0) is 32.2 Å². The van der Waals surface area contributed by atoms with Gasteiger partial charge in [-0.25, -0.2) is 4.98 Å². The Bertz CT molecular complexity index is 347. The molecule has 90 valence electrons. The lowest BCUT2D eigenvalue weighted by molar-refractivity contribution is 0.0843. The van der Waals surface area contributed by atoms with Crippen LogP contribution in [0.1, 0.15) is 41.4 Å². The fourth-order valence-electron chi connectivity index (χ4n) is 1.87. The average molecular weight is 240 g/mol. The molecule has 4 heteroatoms. The van der Waals surface area contributed by atoms with Crippen LogP contribution in [0.3, 0.4) is 0 Å². The summed E-state index contributed by atoms with van der Waals surface area (Å²) in [5.41, 5.74) is 1.16. The van der Waals surface area contributed by atoms with Crippen LogP contribution in [0.5, 0.6) is 0 Å². The highest BCUT2D eigenvalue weighted by molar-refractivity contribution is 7.11. The van der Waals surface area contributed by atoms with E-state index < -0.39 is 0 Å². The lowest BCUT2D eigenvalue weighted by atomic mass is 10.2. The van der Waals surface area contributed by atoms with Crippen LogP contribution in [-0.4, -0.2) is 18.6 Å². The summed E-state index contributed by atoms with van der Waals surface area (Å²) in [6.07, 6.45) is 2.82. The number of rotatable bonds is 6. The van der Waals surface area contributed by atoms with E-state index in [1.54, 1.807) is 18.4 Å². The van der Waals surface area contributed by atoms with Gasteiger partial charge in [0.15, 0.2) is 0 Å². The van der Waals surface area contributed by atoms with E-state index in [2.05, 4.69) is 24.1 Å². The fraction of sp³-hybridized carbons (Fsp3) is 0.750. The number of methoxy groups -OCH3 is 1. The maximum Gasteiger partial charge on any atom is 0.122 e. The van der Waals surface area contributed by atoms with Crippen molar-refractivity contribution in [2.45, 2.75) is 39.3 Å². The number of ether oxygens (including phenoxy) is 1. The van der Waals surface area contributed by atoms with Crippen LogP contribution in [0.2, 0.25) is 0 Å². The first-order valence-electron chi connectivity index (χ1n) is 5.96. The molecule has 1 atom stereocenters. The molecule has 1 heterocycles. The van der Waals surface area contributed by atoms with Gasteiger partial charge in [-0.3, -0.25) is 0 Å². The van der Waals surface area contributed by atoms with Gasteiger partial charge in [-0.2, -0.15) is 0 Å². The van der Waals surface area contributed by atoms with Crippen LogP contribution in [0.4, 0.5) is 0 Å². The maximum atomic E-state index is 5.56. The maximum absolute atomic E-state index is 5.56. The minimum absolute atomic E-state index is 0.235. The van der Waals surface area contributed by atoms with Crippen LogP contribution in [0.15, 0.2) is 0 Å². The van der Waals surface area contributed by atoms with Gasteiger partial charge in [-0.1, -0.05) is 6.92 Å². The van der Waals surface area contributed by atoms with E-state index >= 15 is 0 Å². The molecule has 0 saturated heterocycles. The quantitative estimate of drug-likeness (QED) is 0.830. The lowest BCUT2D eigenvalue weighted by Gasteiger charge is -2.10. The summed E-state index contributed by atoms with van der Waals surface area (Å²) in [4.78, 5) is 6.00. The second kappa shape index (κ2) is 5.25. The van der Waals surface area contributed by atoms with Crippen molar-refractivity contribution in [3.05, 3.63) is 15.6 Å². The smallest absolute Gasteiger partial charge is 0.122 e. The molecule has 3 nitrogen and oxygen atoms in total. The van der Waals surface area contributed by atoms with E-state index in [0.29, 0.717) is 5.92 Å². The SMILES string of the molecule is CCNCc1sc(C(OC)C2CC2)nc1C. The second-order valence-electron chi connectivity index (χ2n) is 4.33. The minimum atomic E-state index is 0.235. The van der Waals surface area contributed by atoms with Gasteiger partial charge < -0.3 is 10.1 Å². The Morgan fingerprint density at radius 1 is 1.56 bits per heavy atom. The number of hydrogen-bond donors (Lipinski definition) is 1. The molecular weight excluding hydrogens is 220 g/mol. The molecule has 0 amide bonds. The summed E-state index contributed by atoms with van der Waals surface area (Å²) in [7, 11) is 1.80. The van der Waals surface area contributed by atoms with Gasteiger partial charge in [0.2, 0.25) is 0 Å². The van der Waals surface area contributed by atoms with E-state index in [0.717, 1.165) is 23.8 Å². The highest BCUT2D eigenvalue weighted by Gasteiger charge is 2.34. The predicted molar refractivity (Wildman–Crippen MR) is 66.7 cm³/mol. The Kier molecular flexibility index (Phi) is 3.95. The van der Waals surface area contributed by atoms with E-state index in [4.69, 9.17) is 4.74 Å². The molecule has 1 unspecified atom stereocenters. The van der Waals surface area contributed by atoms with E-state index in [1.807, 2.05) is 0 Å². The van der Waals surface area contributed by atoms with Gasteiger partial charge in [0.05, 0.1) is 5.69 Å². The van der Waals surface area contributed by atoms with Crippen molar-refractivity contribution >= 4 is 11.3 Å². The summed E-state index contributed by atoms with van der Waals surface area (Å²) in [6, 6.07) is 0. The van der Waals surface area contributed by atoms with Gasteiger partial charge >= 0.3 is 0 Å². The molecule has 1 aliphatic rings. The first-order chi connectivity index (χ1) is 7.76. The normalized spacial score (nSPS) is 17.7. The first kappa shape index (κ1) is 12.0. The molecule has 16 heavy (non-hydrogen) atoms. The Morgan fingerprint density at radius 3 is 2.88 bits per heavy atom. The van der Waals surface area contributed by atoms with Crippen LogP contribution in [0.25, 0.3) is 0 Å². The highest BCUT2D eigenvalue weighted by atomic mass is 32.1. The Morgan fingerprint density at radius 2 is 2.31 bits per heavy atom. The Labute approximate surface area is 101 Å². The van der Waals surface area contributed by atoms with E-state index in [-0.39, 0.29) is 6.10 Å². The Balaban J connectivity index is 2.09. The topological polar surface area (TPSA) is 34.1 Å². The number of thiazole rings is 1. The van der Waals surface area contributed by atoms with Crippen LogP contribution < -0.4 is 5.32 Å². The molecule has 1 aromatic heterocycles. The van der Waals surface area contributed by atoms with E-state index in [1.165, 1.54) is 17.7 Å². The molecule has 0 radical (unpaired) electrons. The van der Waals surface area contributed by atoms with Gasteiger partial charge in [0.25, 0.3) is 0 Å². The van der Waals surface area contributed by atoms with Crippen molar-refractivity contribution in [3.8, 4) is 0 Å². The van der Waals surface area contributed by atoms with Gasteiger partial charge in [0.1, 0.15) is 11.1 Å². The third kappa shape index (κ3) is 2.62. The van der Waals surface area contributed by atoms with Crippen LogP contribution in [0, 0.1) is 12.8 Å². The van der Waals surface area contributed by atoms with Crippen LogP contribution >= 0.6 is 11.3 Å². The number of aryl methyl sites for hydroxylation is 1. The summed E-state index contributed by atoms with van der Waals surface area (Å²) < 4.78 is 5.56. The largest absolute Gasteiger partial charge is 0.374 e. The summed E-state index contributed by atoms with van der Waals surface area (Å²) in [5.74, 6) is 0.711. The average Bonchev–Trinajstić information content (AvgIpc) is 3.02. The molecule has 0 spiro atoms. The van der Waals surface area contributed by atoms with E-state index in [9.17, 15) is 0 Å². The lowest BCUT2D eigenvalue weighted by Crippen LogP contribution is -2.11. The third-order valence-corrected chi connectivity index (χ3v) is 4.21. The van der Waals surface area contributed by atoms with Gasteiger partial charge in [0, 0.05) is 18.5 Å². The molecule has 1 N–H and O–H groups in total. The van der Waals surface area contributed by atoms with Crippen molar-refractivity contribution in [2.24, 2.45) is 5.92 Å². The molecule has 1 aliphatic carbocycles. The fourth-order valence-corrected chi connectivity index (χ4v) is 3.08. The second-order valence-corrected chi connectivity index (χ2v) is 5.45. The van der Waals surface area contributed by atoms with Crippen molar-refractivity contribution in [1.29, 1.82) is 0 Å². The van der Waals surface area contributed by atoms with Crippen molar-refractivity contribution in [2.75, 3.05) is 13.7 Å². The molecule has 1 fully saturated rings. The highest BCUT2D eigenvalue weighted by Crippen LogP contribution is 2.44. The first-order valence-corrected chi connectivity index (χ1v) is 6.77. The zero-order chi connectivity index (χ0) is 11.5. The number of nitrogens with zero attached hydrogens (tertiary/aromatic N) is 1. The summed E-state index contributed by atoms with van der Waals surface area (Å²) in [5, 5.41) is 4.51. The van der Waals surface area contributed by atoms with Crippen molar-refractivity contribution in [3.63, 3.8) is 0 Å². The molecule has 0 bridgehead atoms. The zero-order valence-electron chi connectivity index (χ0n) is 10.2. The third-order valence-electron chi connectivity index (χ3n) is 2.99. The summed E-state index contributed by atoms with van der Waals surface area (Å²) in [6.45, 7) is 6.15. The molecule has 0 aromatic carbocycles. The standard InChI is InChI=1S/C12H20N2OS/c1-4-13-7-10-8(2)14-12(16-10)11(15-3)9-5-6-9/h9,11,13H,4-7H2,1-3H3. The Hall–Kier alpha value is -0.450. The molecule has 1 saturated carbocycles. The van der Waals surface area contributed by atoms with Crippen molar-refractivity contribution < 1.29 is 4.74 Å².